The van der Waals surface area contributed by atoms with Gasteiger partial charge in [-0.25, -0.2) is 4.57 Å². The van der Waals surface area contributed by atoms with E-state index in [0.29, 0.717) is 0 Å². The second-order valence-electron chi connectivity index (χ2n) is 7.94. The molecular formula is C22H27O4P. The van der Waals surface area contributed by atoms with Crippen LogP contribution < -0.4 is 0 Å². The van der Waals surface area contributed by atoms with E-state index in [9.17, 15) is 4.57 Å². The van der Waals surface area contributed by atoms with Crippen molar-refractivity contribution in [2.24, 2.45) is 0 Å². The first-order valence-electron chi connectivity index (χ1n) is 9.25. The van der Waals surface area contributed by atoms with Gasteiger partial charge in [-0.15, -0.1) is 0 Å². The van der Waals surface area contributed by atoms with Crippen molar-refractivity contribution < 1.29 is 18.9 Å². The summed E-state index contributed by atoms with van der Waals surface area (Å²) in [5, 5.41) is 0. The van der Waals surface area contributed by atoms with Crippen LogP contribution in [-0.2, 0) is 27.5 Å². The highest BCUT2D eigenvalue weighted by Gasteiger charge is 2.27. The first-order chi connectivity index (χ1) is 12.6. The summed E-state index contributed by atoms with van der Waals surface area (Å²) >= 11 is 0. The van der Waals surface area contributed by atoms with E-state index in [4.69, 9.17) is 9.79 Å². The summed E-state index contributed by atoms with van der Waals surface area (Å²) in [5.74, 6) is 0. The van der Waals surface area contributed by atoms with Gasteiger partial charge in [-0.2, -0.15) is 0 Å². The highest BCUT2D eigenvalue weighted by molar-refractivity contribution is 7.46. The molecule has 1 aliphatic rings. The van der Waals surface area contributed by atoms with Crippen molar-refractivity contribution in [3.8, 4) is 0 Å². The molecule has 0 bridgehead atoms. The van der Waals surface area contributed by atoms with Gasteiger partial charge in [0.2, 0.25) is 0 Å². The Bertz CT molecular complexity index is 891. The largest absolute Gasteiger partial charge is 0.469 e. The average Bonchev–Trinajstić information content (AvgIpc) is 2.58. The minimum Gasteiger partial charge on any atom is -0.303 e. The van der Waals surface area contributed by atoms with Crippen molar-refractivity contribution in [2.45, 2.75) is 52.1 Å². The molecule has 2 aromatic carbocycles. The number of rotatable bonds is 5. The molecule has 0 heterocycles. The predicted molar refractivity (Wildman–Crippen MR) is 109 cm³/mol. The number of fused-ring (bicyclic) bond motifs is 1. The summed E-state index contributed by atoms with van der Waals surface area (Å²) in [6.45, 7) is 6.70. The molecule has 0 spiro atoms. The number of phosphoric acid groups is 1. The maximum atomic E-state index is 10.8. The smallest absolute Gasteiger partial charge is 0.303 e. The second kappa shape index (κ2) is 7.73. The van der Waals surface area contributed by atoms with E-state index in [1.165, 1.54) is 41.5 Å². The van der Waals surface area contributed by atoms with Gasteiger partial charge in [-0.1, -0.05) is 62.4 Å². The van der Waals surface area contributed by atoms with Gasteiger partial charge in [0.15, 0.2) is 0 Å². The Hall–Kier alpha value is -1.71. The number of hydrogen-bond acceptors (Lipinski definition) is 2. The van der Waals surface area contributed by atoms with Crippen LogP contribution in [0, 0.1) is 6.92 Å². The Morgan fingerprint density at radius 3 is 2.52 bits per heavy atom. The topological polar surface area (TPSA) is 66.8 Å². The van der Waals surface area contributed by atoms with E-state index in [0.717, 1.165) is 11.1 Å². The fraction of sp³-hybridized carbons (Fsp3) is 0.364. The van der Waals surface area contributed by atoms with E-state index in [1.807, 2.05) is 24.3 Å². The summed E-state index contributed by atoms with van der Waals surface area (Å²) < 4.78 is 15.3. The summed E-state index contributed by atoms with van der Waals surface area (Å²) in [4.78, 5) is 17.5. The lowest BCUT2D eigenvalue weighted by molar-refractivity contribution is 0.189. The molecule has 2 aromatic rings. The molecule has 2 N–H and O–H groups in total. The molecule has 0 saturated carbocycles. The van der Waals surface area contributed by atoms with E-state index in [2.05, 4.69) is 49.6 Å². The molecule has 27 heavy (non-hydrogen) atoms. The lowest BCUT2D eigenvalue weighted by Gasteiger charge is -2.33. The normalized spacial score (nSPS) is 16.5. The highest BCUT2D eigenvalue weighted by atomic mass is 31.2. The van der Waals surface area contributed by atoms with Crippen molar-refractivity contribution in [1.29, 1.82) is 0 Å². The van der Waals surface area contributed by atoms with Gasteiger partial charge in [-0.05, 0) is 65.0 Å². The van der Waals surface area contributed by atoms with Crippen molar-refractivity contribution in [1.82, 2.24) is 0 Å². The number of hydrogen-bond donors (Lipinski definition) is 2. The zero-order valence-corrected chi connectivity index (χ0v) is 17.0. The maximum Gasteiger partial charge on any atom is 0.469 e. The van der Waals surface area contributed by atoms with Gasteiger partial charge in [0.25, 0.3) is 0 Å². The van der Waals surface area contributed by atoms with Crippen molar-refractivity contribution in [3.63, 3.8) is 0 Å². The molecule has 144 valence electrons. The van der Waals surface area contributed by atoms with Crippen LogP contribution in [0.25, 0.3) is 12.2 Å². The van der Waals surface area contributed by atoms with Gasteiger partial charge in [0.1, 0.15) is 0 Å². The van der Waals surface area contributed by atoms with E-state index < -0.39 is 7.82 Å². The SMILES string of the molecule is Cc1cc2c(cc1C=Cc1ccc(COP(=O)(O)O)cc1)C(C)(C)CCC2. The van der Waals surface area contributed by atoms with Crippen LogP contribution in [0.5, 0.6) is 0 Å². The predicted octanol–water partition coefficient (Wildman–Crippen LogP) is 5.39. The lowest BCUT2D eigenvalue weighted by atomic mass is 9.72. The van der Waals surface area contributed by atoms with Crippen LogP contribution in [0.1, 0.15) is 60.1 Å². The molecule has 0 unspecified atom stereocenters. The lowest BCUT2D eigenvalue weighted by Crippen LogP contribution is -2.24. The number of phosphoric ester groups is 1. The van der Waals surface area contributed by atoms with E-state index >= 15 is 0 Å². The minimum atomic E-state index is -4.44. The Balaban J connectivity index is 1.77. The fourth-order valence-corrected chi connectivity index (χ4v) is 4.04. The van der Waals surface area contributed by atoms with Crippen LogP contribution in [-0.4, -0.2) is 9.79 Å². The van der Waals surface area contributed by atoms with Gasteiger partial charge in [-0.3, -0.25) is 4.52 Å². The molecule has 0 radical (unpaired) electrons. The Morgan fingerprint density at radius 2 is 1.85 bits per heavy atom. The molecule has 0 amide bonds. The third-order valence-electron chi connectivity index (χ3n) is 5.30. The Morgan fingerprint density at radius 1 is 1.15 bits per heavy atom. The average molecular weight is 386 g/mol. The van der Waals surface area contributed by atoms with Crippen LogP contribution >= 0.6 is 7.82 Å². The summed E-state index contributed by atoms with van der Waals surface area (Å²) in [7, 11) is -4.44. The molecule has 0 fully saturated rings. The quantitative estimate of drug-likeness (QED) is 0.534. The highest BCUT2D eigenvalue weighted by Crippen LogP contribution is 2.38. The molecule has 0 aliphatic heterocycles. The summed E-state index contributed by atoms with van der Waals surface area (Å²) in [6, 6.07) is 12.1. The van der Waals surface area contributed by atoms with Crippen molar-refractivity contribution >= 4 is 20.0 Å². The third-order valence-corrected chi connectivity index (χ3v) is 5.77. The number of aryl methyl sites for hydroxylation is 2. The number of benzene rings is 2. The van der Waals surface area contributed by atoms with Gasteiger partial charge < -0.3 is 9.79 Å². The first kappa shape index (κ1) is 20.0. The Kier molecular flexibility index (Phi) is 5.73. The first-order valence-corrected chi connectivity index (χ1v) is 10.8. The van der Waals surface area contributed by atoms with E-state index in [1.54, 1.807) is 0 Å². The molecular weight excluding hydrogens is 359 g/mol. The zero-order chi connectivity index (χ0) is 19.7. The molecule has 1 aliphatic carbocycles. The van der Waals surface area contributed by atoms with Gasteiger partial charge in [0.05, 0.1) is 6.61 Å². The van der Waals surface area contributed by atoms with Crippen molar-refractivity contribution in [3.05, 3.63) is 69.8 Å². The van der Waals surface area contributed by atoms with Crippen molar-refractivity contribution in [2.75, 3.05) is 0 Å². The molecule has 0 atom stereocenters. The molecule has 3 rings (SSSR count). The fourth-order valence-electron chi connectivity index (χ4n) is 3.73. The maximum absolute atomic E-state index is 10.8. The molecule has 4 nitrogen and oxygen atoms in total. The molecule has 0 saturated heterocycles. The standard InChI is InChI=1S/C22H27O4P/c1-16-13-20-5-4-12-22(2,3)21(20)14-19(16)11-10-17-6-8-18(9-7-17)15-26-27(23,24)25/h6-11,13-14H,4-5,12,15H2,1-3H3,(H2,23,24,25). The molecule has 0 aromatic heterocycles. The monoisotopic (exact) mass is 386 g/mol. The van der Waals surface area contributed by atoms with Crippen LogP contribution in [0.4, 0.5) is 0 Å². The summed E-state index contributed by atoms with van der Waals surface area (Å²) in [6.07, 6.45) is 7.86. The Labute approximate surface area is 161 Å². The third kappa shape index (κ3) is 5.18. The summed E-state index contributed by atoms with van der Waals surface area (Å²) in [5.41, 5.74) is 7.45. The molecule has 5 heteroatoms. The van der Waals surface area contributed by atoms with E-state index in [-0.39, 0.29) is 12.0 Å². The van der Waals surface area contributed by atoms with Gasteiger partial charge in [0, 0.05) is 0 Å². The minimum absolute atomic E-state index is 0.104. The zero-order valence-electron chi connectivity index (χ0n) is 16.1. The van der Waals surface area contributed by atoms with Crippen LogP contribution in [0.2, 0.25) is 0 Å². The van der Waals surface area contributed by atoms with Crippen LogP contribution in [0.15, 0.2) is 36.4 Å². The van der Waals surface area contributed by atoms with Crippen LogP contribution in [0.3, 0.4) is 0 Å². The second-order valence-corrected chi connectivity index (χ2v) is 9.18. The van der Waals surface area contributed by atoms with Gasteiger partial charge >= 0.3 is 7.82 Å².